The van der Waals surface area contributed by atoms with E-state index in [0.717, 1.165) is 12.1 Å². The van der Waals surface area contributed by atoms with Crippen LogP contribution in [-0.2, 0) is 11.2 Å². The van der Waals surface area contributed by atoms with E-state index in [1.807, 2.05) is 59.6 Å². The van der Waals surface area contributed by atoms with Gasteiger partial charge in [-0.15, -0.1) is 0 Å². The summed E-state index contributed by atoms with van der Waals surface area (Å²) >= 11 is 0. The van der Waals surface area contributed by atoms with Crippen molar-refractivity contribution in [2.45, 2.75) is 12.5 Å². The van der Waals surface area contributed by atoms with E-state index in [4.69, 9.17) is 4.74 Å². The molecule has 1 aliphatic rings. The molecule has 0 N–H and O–H groups in total. The number of carbonyl (C=O) groups excluding carboxylic acids is 1. The fourth-order valence-electron chi connectivity index (χ4n) is 3.27. The molecule has 2 aromatic carbocycles. The Hall–Kier alpha value is -2.92. The first-order valence-electron chi connectivity index (χ1n) is 8.84. The van der Waals surface area contributed by atoms with E-state index in [1.165, 1.54) is 5.56 Å². The highest BCUT2D eigenvalue weighted by atomic mass is 16.5. The molecule has 1 fully saturated rings. The summed E-state index contributed by atoms with van der Waals surface area (Å²) in [4.78, 5) is 14.7. The van der Waals surface area contributed by atoms with Crippen molar-refractivity contribution in [1.29, 1.82) is 0 Å². The summed E-state index contributed by atoms with van der Waals surface area (Å²) in [5.74, 6) is 0.0541. The fraction of sp³-hybridized carbons (Fsp3) is 0.238. The summed E-state index contributed by atoms with van der Waals surface area (Å²) in [7, 11) is 0. The Morgan fingerprint density at radius 1 is 1.08 bits per heavy atom. The van der Waals surface area contributed by atoms with Crippen molar-refractivity contribution >= 4 is 5.91 Å². The van der Waals surface area contributed by atoms with Gasteiger partial charge in [-0.25, -0.2) is 4.68 Å². The third kappa shape index (κ3) is 3.68. The van der Waals surface area contributed by atoms with Crippen molar-refractivity contribution in [3.05, 3.63) is 84.2 Å². The average molecular weight is 347 g/mol. The number of rotatable bonds is 4. The second-order valence-electron chi connectivity index (χ2n) is 6.43. The number of hydrogen-bond acceptors (Lipinski definition) is 3. The molecule has 0 saturated carbocycles. The van der Waals surface area contributed by atoms with Gasteiger partial charge in [0.2, 0.25) is 0 Å². The topological polar surface area (TPSA) is 47.4 Å². The molecule has 4 rings (SSSR count). The maximum absolute atomic E-state index is 12.8. The van der Waals surface area contributed by atoms with Gasteiger partial charge in [0.1, 0.15) is 0 Å². The predicted molar refractivity (Wildman–Crippen MR) is 99.4 cm³/mol. The minimum Gasteiger partial charge on any atom is -0.374 e. The monoisotopic (exact) mass is 347 g/mol. The van der Waals surface area contributed by atoms with E-state index in [1.54, 1.807) is 10.9 Å². The van der Waals surface area contributed by atoms with Crippen LogP contribution >= 0.6 is 0 Å². The Balaban J connectivity index is 1.42. The molecule has 2 heterocycles. The summed E-state index contributed by atoms with van der Waals surface area (Å²) in [6.07, 6.45) is 4.48. The summed E-state index contributed by atoms with van der Waals surface area (Å²) in [5, 5.41) is 4.21. The van der Waals surface area contributed by atoms with E-state index in [-0.39, 0.29) is 12.0 Å². The molecule has 132 valence electrons. The van der Waals surface area contributed by atoms with Crippen LogP contribution in [0.5, 0.6) is 0 Å². The second kappa shape index (κ2) is 7.54. The lowest BCUT2D eigenvalue weighted by atomic mass is 10.1. The minimum absolute atomic E-state index is 0.0402. The van der Waals surface area contributed by atoms with Crippen LogP contribution in [0.4, 0.5) is 0 Å². The average Bonchev–Trinajstić information content (AvgIpc) is 3.23. The smallest absolute Gasteiger partial charge is 0.254 e. The summed E-state index contributed by atoms with van der Waals surface area (Å²) in [6.45, 7) is 1.83. The van der Waals surface area contributed by atoms with Crippen LogP contribution in [0.15, 0.2) is 73.1 Å². The molecule has 0 radical (unpaired) electrons. The van der Waals surface area contributed by atoms with E-state index in [0.29, 0.717) is 25.3 Å². The maximum Gasteiger partial charge on any atom is 0.254 e. The lowest BCUT2D eigenvalue weighted by Gasteiger charge is -2.33. The number of morpholine rings is 1. The Labute approximate surface area is 152 Å². The van der Waals surface area contributed by atoms with Crippen molar-refractivity contribution < 1.29 is 9.53 Å². The molecular formula is C21H21N3O2. The van der Waals surface area contributed by atoms with Crippen molar-refractivity contribution in [2.24, 2.45) is 0 Å². The zero-order valence-corrected chi connectivity index (χ0v) is 14.5. The van der Waals surface area contributed by atoms with Crippen molar-refractivity contribution in [3.8, 4) is 5.69 Å². The van der Waals surface area contributed by atoms with E-state index < -0.39 is 0 Å². The lowest BCUT2D eigenvalue weighted by molar-refractivity contribution is -0.0208. The largest absolute Gasteiger partial charge is 0.374 e. The minimum atomic E-state index is 0.0402. The van der Waals surface area contributed by atoms with E-state index in [9.17, 15) is 4.79 Å². The van der Waals surface area contributed by atoms with Gasteiger partial charge in [0.15, 0.2) is 0 Å². The highest BCUT2D eigenvalue weighted by Crippen LogP contribution is 2.16. The molecule has 0 spiro atoms. The van der Waals surface area contributed by atoms with Gasteiger partial charge in [0.25, 0.3) is 5.91 Å². The number of ether oxygens (including phenoxy) is 1. The molecule has 0 bridgehead atoms. The van der Waals surface area contributed by atoms with Crippen LogP contribution in [0, 0.1) is 0 Å². The Kier molecular flexibility index (Phi) is 4.80. The predicted octanol–water partition coefficient (Wildman–Crippen LogP) is 2.96. The standard InChI is InChI=1S/C21H21N3O2/c25-21(18-7-9-19(10-8-18)24-12-4-11-22-24)23-13-14-26-20(16-23)15-17-5-2-1-3-6-17/h1-12,20H,13-16H2/t20-/m0/s1. The molecule has 1 amide bonds. The molecule has 1 atom stereocenters. The Morgan fingerprint density at radius 2 is 1.88 bits per heavy atom. The second-order valence-corrected chi connectivity index (χ2v) is 6.43. The van der Waals surface area contributed by atoms with Gasteiger partial charge in [-0.3, -0.25) is 4.79 Å². The molecule has 5 heteroatoms. The van der Waals surface area contributed by atoms with Gasteiger partial charge in [0.05, 0.1) is 18.4 Å². The summed E-state index contributed by atoms with van der Waals surface area (Å²) < 4.78 is 7.64. The summed E-state index contributed by atoms with van der Waals surface area (Å²) in [5.41, 5.74) is 2.87. The number of carbonyl (C=O) groups is 1. The van der Waals surface area contributed by atoms with Crippen LogP contribution < -0.4 is 0 Å². The first-order chi connectivity index (χ1) is 12.8. The van der Waals surface area contributed by atoms with Gasteiger partial charge >= 0.3 is 0 Å². The molecule has 1 aliphatic heterocycles. The third-order valence-corrected chi connectivity index (χ3v) is 4.62. The van der Waals surface area contributed by atoms with Crippen LogP contribution in [-0.4, -0.2) is 46.4 Å². The number of aromatic nitrogens is 2. The quantitative estimate of drug-likeness (QED) is 0.729. The SMILES string of the molecule is O=C(c1ccc(-n2cccn2)cc1)N1CCO[C@@H](Cc2ccccc2)C1. The van der Waals surface area contributed by atoms with E-state index in [2.05, 4.69) is 17.2 Å². The Morgan fingerprint density at radius 3 is 2.62 bits per heavy atom. The Bertz CT molecular complexity index is 845. The van der Waals surface area contributed by atoms with Gasteiger partial charge < -0.3 is 9.64 Å². The third-order valence-electron chi connectivity index (χ3n) is 4.62. The molecule has 0 unspecified atom stereocenters. The van der Waals surface area contributed by atoms with Gasteiger partial charge in [-0.2, -0.15) is 5.10 Å². The molecule has 26 heavy (non-hydrogen) atoms. The first kappa shape index (κ1) is 16.5. The van der Waals surface area contributed by atoms with Crippen LogP contribution in [0.3, 0.4) is 0 Å². The molecular weight excluding hydrogens is 326 g/mol. The van der Waals surface area contributed by atoms with E-state index >= 15 is 0 Å². The van der Waals surface area contributed by atoms with Gasteiger partial charge in [0, 0.05) is 37.5 Å². The molecule has 5 nitrogen and oxygen atoms in total. The molecule has 1 aromatic heterocycles. The van der Waals surface area contributed by atoms with Gasteiger partial charge in [-0.1, -0.05) is 30.3 Å². The van der Waals surface area contributed by atoms with Crippen molar-refractivity contribution in [2.75, 3.05) is 19.7 Å². The lowest BCUT2D eigenvalue weighted by Crippen LogP contribution is -2.46. The normalized spacial score (nSPS) is 17.2. The molecule has 3 aromatic rings. The zero-order chi connectivity index (χ0) is 17.8. The summed E-state index contributed by atoms with van der Waals surface area (Å²) in [6, 6.07) is 19.7. The van der Waals surface area contributed by atoms with Crippen LogP contribution in [0.25, 0.3) is 5.69 Å². The molecule has 1 saturated heterocycles. The first-order valence-corrected chi connectivity index (χ1v) is 8.84. The van der Waals surface area contributed by atoms with Crippen molar-refractivity contribution in [3.63, 3.8) is 0 Å². The highest BCUT2D eigenvalue weighted by Gasteiger charge is 2.25. The number of hydrogen-bond donors (Lipinski definition) is 0. The highest BCUT2D eigenvalue weighted by molar-refractivity contribution is 5.94. The maximum atomic E-state index is 12.8. The van der Waals surface area contributed by atoms with Crippen molar-refractivity contribution in [1.82, 2.24) is 14.7 Å². The fourth-order valence-corrected chi connectivity index (χ4v) is 3.27. The molecule has 0 aliphatic carbocycles. The number of amides is 1. The number of nitrogens with zero attached hydrogens (tertiary/aromatic N) is 3. The zero-order valence-electron chi connectivity index (χ0n) is 14.5. The van der Waals surface area contributed by atoms with Crippen LogP contribution in [0.2, 0.25) is 0 Å². The number of benzene rings is 2. The van der Waals surface area contributed by atoms with Crippen LogP contribution in [0.1, 0.15) is 15.9 Å². The van der Waals surface area contributed by atoms with Gasteiger partial charge in [-0.05, 0) is 35.9 Å².